The van der Waals surface area contributed by atoms with Crippen molar-refractivity contribution in [3.05, 3.63) is 107 Å². The smallest absolute Gasteiger partial charge is 0.259 e. The third-order valence-corrected chi connectivity index (χ3v) is 6.07. The molecule has 1 saturated carbocycles. The average molecular weight is 438 g/mol. The van der Waals surface area contributed by atoms with Gasteiger partial charge in [-0.05, 0) is 30.5 Å². The maximum absolute atomic E-state index is 13.8. The van der Waals surface area contributed by atoms with Gasteiger partial charge in [-0.25, -0.2) is 4.85 Å². The summed E-state index contributed by atoms with van der Waals surface area (Å²) in [6.45, 7) is 7.18. The van der Waals surface area contributed by atoms with E-state index in [1.54, 1.807) is 29.2 Å². The lowest BCUT2D eigenvalue weighted by Crippen LogP contribution is -2.47. The number of hydrogen-bond acceptors (Lipinski definition) is 2. The van der Waals surface area contributed by atoms with Gasteiger partial charge >= 0.3 is 0 Å². The van der Waals surface area contributed by atoms with Crippen LogP contribution in [0.5, 0.6) is 0 Å². The standard InChI is InChI=1S/C28H27N3O2/c1-29-23-19-17-22(18-20-23)28(33)31(25-15-9-4-10-16-25)26(21-11-5-2-6-12-21)27(32)30-24-13-7-3-8-14-24/h2,4-6,9-12,15-20,24,26H,3,7-8,13-14H2,(H,30,32). The van der Waals surface area contributed by atoms with Gasteiger partial charge in [0.05, 0.1) is 6.57 Å². The summed E-state index contributed by atoms with van der Waals surface area (Å²) in [4.78, 5) is 32.5. The highest BCUT2D eigenvalue weighted by molar-refractivity contribution is 6.10. The van der Waals surface area contributed by atoms with E-state index < -0.39 is 6.04 Å². The molecule has 0 radical (unpaired) electrons. The van der Waals surface area contributed by atoms with Gasteiger partial charge < -0.3 is 5.32 Å². The number of nitrogens with one attached hydrogen (secondary N) is 1. The number of para-hydroxylation sites is 1. The fourth-order valence-corrected chi connectivity index (χ4v) is 4.37. The van der Waals surface area contributed by atoms with Crippen LogP contribution in [-0.2, 0) is 4.79 Å². The van der Waals surface area contributed by atoms with E-state index in [4.69, 9.17) is 6.57 Å². The first kappa shape index (κ1) is 22.3. The lowest BCUT2D eigenvalue weighted by atomic mass is 9.94. The first-order valence-corrected chi connectivity index (χ1v) is 11.4. The van der Waals surface area contributed by atoms with Gasteiger partial charge in [-0.3, -0.25) is 14.5 Å². The van der Waals surface area contributed by atoms with E-state index >= 15 is 0 Å². The summed E-state index contributed by atoms with van der Waals surface area (Å²) in [6.07, 6.45) is 5.34. The molecule has 1 aliphatic carbocycles. The van der Waals surface area contributed by atoms with E-state index in [9.17, 15) is 9.59 Å². The van der Waals surface area contributed by atoms with Crippen molar-refractivity contribution in [3.63, 3.8) is 0 Å². The first-order valence-electron chi connectivity index (χ1n) is 11.4. The van der Waals surface area contributed by atoms with E-state index in [1.807, 2.05) is 60.7 Å². The zero-order valence-electron chi connectivity index (χ0n) is 18.5. The van der Waals surface area contributed by atoms with Gasteiger partial charge in [0.2, 0.25) is 5.91 Å². The van der Waals surface area contributed by atoms with Gasteiger partial charge in [0, 0.05) is 17.3 Å². The molecule has 1 unspecified atom stereocenters. The number of amides is 2. The summed E-state index contributed by atoms with van der Waals surface area (Å²) in [5.74, 6) is -0.464. The van der Waals surface area contributed by atoms with Gasteiger partial charge in [0.1, 0.15) is 6.04 Å². The zero-order valence-corrected chi connectivity index (χ0v) is 18.5. The maximum Gasteiger partial charge on any atom is 0.259 e. The first-order chi connectivity index (χ1) is 16.2. The Kier molecular flexibility index (Phi) is 7.16. The largest absolute Gasteiger partial charge is 0.351 e. The molecule has 0 aromatic heterocycles. The molecule has 1 fully saturated rings. The van der Waals surface area contributed by atoms with Crippen LogP contribution in [0.15, 0.2) is 84.9 Å². The molecule has 4 rings (SSSR count). The van der Waals surface area contributed by atoms with Crippen LogP contribution in [0.25, 0.3) is 4.85 Å². The second-order valence-corrected chi connectivity index (χ2v) is 8.33. The van der Waals surface area contributed by atoms with Crippen LogP contribution in [0, 0.1) is 6.57 Å². The van der Waals surface area contributed by atoms with Crippen molar-refractivity contribution < 1.29 is 9.59 Å². The Bertz CT molecular complexity index is 1120. The molecule has 1 aliphatic rings. The van der Waals surface area contributed by atoms with Crippen LogP contribution in [0.3, 0.4) is 0 Å². The molecule has 5 nitrogen and oxygen atoms in total. The lowest BCUT2D eigenvalue weighted by Gasteiger charge is -2.33. The summed E-state index contributed by atoms with van der Waals surface area (Å²) < 4.78 is 0. The molecule has 166 valence electrons. The summed E-state index contributed by atoms with van der Waals surface area (Å²) in [7, 11) is 0. The molecule has 5 heteroatoms. The van der Waals surface area contributed by atoms with Crippen molar-refractivity contribution in [2.24, 2.45) is 0 Å². The molecular formula is C28H27N3O2. The summed E-state index contributed by atoms with van der Waals surface area (Å²) in [5, 5.41) is 3.22. The number of hydrogen-bond donors (Lipinski definition) is 1. The molecular weight excluding hydrogens is 410 g/mol. The number of nitrogens with zero attached hydrogens (tertiary/aromatic N) is 2. The molecule has 0 aliphatic heterocycles. The SMILES string of the molecule is [C-]#[N+]c1ccc(C(=O)N(c2ccccc2)C(C(=O)NC2CCCCC2)c2ccccc2)cc1. The Morgan fingerprint density at radius 1 is 0.848 bits per heavy atom. The fraction of sp³-hybridized carbons (Fsp3) is 0.250. The number of anilines is 1. The minimum atomic E-state index is -0.816. The summed E-state index contributed by atoms with van der Waals surface area (Å²) in [5.41, 5.74) is 2.29. The van der Waals surface area contributed by atoms with Crippen LogP contribution in [0.4, 0.5) is 11.4 Å². The molecule has 0 saturated heterocycles. The number of rotatable bonds is 6. The van der Waals surface area contributed by atoms with Crippen molar-refractivity contribution in [1.29, 1.82) is 0 Å². The van der Waals surface area contributed by atoms with Crippen molar-refractivity contribution in [1.82, 2.24) is 5.32 Å². The quantitative estimate of drug-likeness (QED) is 0.476. The Morgan fingerprint density at radius 2 is 1.45 bits per heavy atom. The number of carbonyl (C=O) groups is 2. The summed E-state index contributed by atoms with van der Waals surface area (Å²) >= 11 is 0. The van der Waals surface area contributed by atoms with Gasteiger partial charge in [-0.15, -0.1) is 0 Å². The molecule has 2 amide bonds. The van der Waals surface area contributed by atoms with Crippen LogP contribution < -0.4 is 10.2 Å². The number of benzene rings is 3. The van der Waals surface area contributed by atoms with E-state index in [-0.39, 0.29) is 17.9 Å². The molecule has 3 aromatic rings. The van der Waals surface area contributed by atoms with E-state index in [0.29, 0.717) is 16.9 Å². The predicted octanol–water partition coefficient (Wildman–Crippen LogP) is 6.07. The molecule has 1 N–H and O–H groups in total. The minimum Gasteiger partial charge on any atom is -0.351 e. The Labute approximate surface area is 194 Å². The van der Waals surface area contributed by atoms with E-state index in [2.05, 4.69) is 10.2 Å². The molecule has 0 spiro atoms. The van der Waals surface area contributed by atoms with Crippen molar-refractivity contribution in [2.45, 2.75) is 44.2 Å². The molecule has 3 aromatic carbocycles. The Balaban J connectivity index is 1.76. The fourth-order valence-electron chi connectivity index (χ4n) is 4.37. The molecule has 0 bridgehead atoms. The minimum absolute atomic E-state index is 0.128. The predicted molar refractivity (Wildman–Crippen MR) is 130 cm³/mol. The second-order valence-electron chi connectivity index (χ2n) is 8.33. The highest BCUT2D eigenvalue weighted by Crippen LogP contribution is 2.31. The maximum atomic E-state index is 13.8. The van der Waals surface area contributed by atoms with Gasteiger partial charge in [-0.1, -0.05) is 92.1 Å². The van der Waals surface area contributed by atoms with Crippen molar-refractivity contribution >= 4 is 23.2 Å². The van der Waals surface area contributed by atoms with E-state index in [1.165, 1.54) is 6.42 Å². The van der Waals surface area contributed by atoms with E-state index in [0.717, 1.165) is 31.2 Å². The third-order valence-electron chi connectivity index (χ3n) is 6.07. The monoisotopic (exact) mass is 437 g/mol. The van der Waals surface area contributed by atoms with Gasteiger partial charge in [0.25, 0.3) is 5.91 Å². The molecule has 0 heterocycles. The summed E-state index contributed by atoms with van der Waals surface area (Å²) in [6, 6.07) is 24.6. The number of carbonyl (C=O) groups excluding carboxylic acids is 2. The van der Waals surface area contributed by atoms with Crippen molar-refractivity contribution in [2.75, 3.05) is 4.90 Å². The average Bonchev–Trinajstić information content (AvgIpc) is 2.88. The van der Waals surface area contributed by atoms with Crippen LogP contribution in [-0.4, -0.2) is 17.9 Å². The third kappa shape index (κ3) is 5.30. The van der Waals surface area contributed by atoms with Crippen LogP contribution in [0.2, 0.25) is 0 Å². The second kappa shape index (κ2) is 10.6. The van der Waals surface area contributed by atoms with Crippen molar-refractivity contribution in [3.8, 4) is 0 Å². The Morgan fingerprint density at radius 3 is 2.06 bits per heavy atom. The normalized spacial score (nSPS) is 14.6. The highest BCUT2D eigenvalue weighted by atomic mass is 16.2. The zero-order chi connectivity index (χ0) is 23.0. The molecule has 33 heavy (non-hydrogen) atoms. The van der Waals surface area contributed by atoms with Crippen LogP contribution in [0.1, 0.15) is 54.1 Å². The Hall–Kier alpha value is -3.91. The molecule has 1 atom stereocenters. The lowest BCUT2D eigenvalue weighted by molar-refractivity contribution is -0.123. The van der Waals surface area contributed by atoms with Crippen LogP contribution >= 0.6 is 0 Å². The highest BCUT2D eigenvalue weighted by Gasteiger charge is 2.34. The van der Waals surface area contributed by atoms with Gasteiger partial charge in [-0.2, -0.15) is 0 Å². The topological polar surface area (TPSA) is 53.8 Å². The van der Waals surface area contributed by atoms with Gasteiger partial charge in [0.15, 0.2) is 5.69 Å².